The first-order valence-corrected chi connectivity index (χ1v) is 12.1. The Morgan fingerprint density at radius 1 is 1.19 bits per heavy atom. The fourth-order valence-corrected chi connectivity index (χ4v) is 3.87. The topological polar surface area (TPSA) is 132 Å². The summed E-state index contributed by atoms with van der Waals surface area (Å²) in [5.41, 5.74) is 4.37. The van der Waals surface area contributed by atoms with Crippen LogP contribution in [-0.2, 0) is 32.0 Å². The van der Waals surface area contributed by atoms with Crippen molar-refractivity contribution in [3.05, 3.63) is 47.5 Å². The summed E-state index contributed by atoms with van der Waals surface area (Å²) in [6, 6.07) is 2.45. The van der Waals surface area contributed by atoms with Gasteiger partial charge < -0.3 is 23.9 Å². The Morgan fingerprint density at radius 3 is 2.41 bits per heavy atom. The van der Waals surface area contributed by atoms with Crippen LogP contribution in [0, 0.1) is 13.8 Å². The summed E-state index contributed by atoms with van der Waals surface area (Å²) in [7, 11) is 1.54. The molecule has 0 radical (unpaired) electrons. The molecule has 2 rings (SSSR count). The van der Waals surface area contributed by atoms with Crippen LogP contribution in [0.1, 0.15) is 56.7 Å². The number of aryl methyl sites for hydroxylation is 3. The number of hydrogen-bond acceptors (Lipinski definition) is 7. The summed E-state index contributed by atoms with van der Waals surface area (Å²) in [6.45, 7) is 9.53. The van der Waals surface area contributed by atoms with E-state index in [0.29, 0.717) is 25.1 Å². The van der Waals surface area contributed by atoms with Gasteiger partial charge in [0.2, 0.25) is 5.91 Å². The van der Waals surface area contributed by atoms with Crippen molar-refractivity contribution in [2.75, 3.05) is 13.9 Å². The minimum Gasteiger partial charge on any atom is -0.480 e. The molecule has 0 aliphatic heterocycles. The number of aliphatic carboxylic acids is 1. The van der Waals surface area contributed by atoms with Crippen LogP contribution >= 0.6 is 0 Å². The number of hydrogen-bond donors (Lipinski definition) is 2. The van der Waals surface area contributed by atoms with Gasteiger partial charge in [-0.1, -0.05) is 0 Å². The third kappa shape index (κ3) is 9.76. The van der Waals surface area contributed by atoms with Crippen LogP contribution in [-0.4, -0.2) is 63.2 Å². The number of carbonyl (C=O) groups excluding carboxylic acids is 2. The van der Waals surface area contributed by atoms with E-state index in [1.165, 1.54) is 0 Å². The zero-order valence-corrected chi connectivity index (χ0v) is 22.4. The van der Waals surface area contributed by atoms with E-state index in [1.54, 1.807) is 46.6 Å². The van der Waals surface area contributed by atoms with Crippen molar-refractivity contribution in [1.82, 2.24) is 20.0 Å². The number of methoxy groups -OCH3 is 1. The largest absolute Gasteiger partial charge is 0.480 e. The second kappa shape index (κ2) is 13.6. The van der Waals surface area contributed by atoms with E-state index in [9.17, 15) is 19.5 Å². The van der Waals surface area contributed by atoms with Crippen molar-refractivity contribution < 1.29 is 33.7 Å². The number of nitrogens with one attached hydrogen (secondary N) is 1. The summed E-state index contributed by atoms with van der Waals surface area (Å²) in [4.78, 5) is 42.0. The maximum atomic E-state index is 13.3. The van der Waals surface area contributed by atoms with E-state index < -0.39 is 29.6 Å². The predicted molar refractivity (Wildman–Crippen MR) is 136 cm³/mol. The highest BCUT2D eigenvalue weighted by Gasteiger charge is 2.32. The molecule has 0 aliphatic rings. The van der Waals surface area contributed by atoms with Crippen molar-refractivity contribution >= 4 is 18.0 Å². The molecule has 1 atom stereocenters. The van der Waals surface area contributed by atoms with Gasteiger partial charge in [-0.2, -0.15) is 0 Å². The molecule has 2 amide bonds. The van der Waals surface area contributed by atoms with Gasteiger partial charge in [0.25, 0.3) is 0 Å². The Bertz CT molecular complexity index is 1020. The highest BCUT2D eigenvalue weighted by atomic mass is 16.7. The quantitative estimate of drug-likeness (QED) is 0.322. The number of carbonyl (C=O) groups is 3. The van der Waals surface area contributed by atoms with E-state index in [1.807, 2.05) is 30.5 Å². The van der Waals surface area contributed by atoms with Gasteiger partial charge in [0.05, 0.1) is 6.33 Å². The molecule has 1 aromatic carbocycles. The number of nitrogens with zero attached hydrogens (tertiary/aromatic N) is 3. The first-order valence-electron chi connectivity index (χ1n) is 12.1. The molecule has 2 N–H and O–H groups in total. The molecule has 0 saturated heterocycles. The number of aromatic nitrogens is 2. The number of hydrazine groups is 1. The van der Waals surface area contributed by atoms with Gasteiger partial charge in [-0.3, -0.25) is 4.79 Å². The smallest absolute Gasteiger partial charge is 0.426 e. The number of carboxylic acid groups (broad SMARTS) is 1. The molecule has 1 unspecified atom stereocenters. The molecule has 1 heterocycles. The van der Waals surface area contributed by atoms with Gasteiger partial charge in [-0.15, -0.1) is 0 Å². The monoisotopic (exact) mass is 518 g/mol. The molecule has 204 valence electrons. The maximum absolute atomic E-state index is 13.3. The lowest BCUT2D eigenvalue weighted by molar-refractivity contribution is -0.153. The van der Waals surface area contributed by atoms with Crippen LogP contribution in [0.25, 0.3) is 0 Å². The highest BCUT2D eigenvalue weighted by Crippen LogP contribution is 2.24. The molecule has 0 aliphatic carbocycles. The second-order valence-electron chi connectivity index (χ2n) is 9.76. The summed E-state index contributed by atoms with van der Waals surface area (Å²) >= 11 is 0. The SMILES string of the molecule is COCOc1cc(C)c(CCC(=O)N(NC(=O)OC(C)(C)C)C(CCCn2ccnc2)C(=O)O)c(C)c1. The molecule has 11 nitrogen and oxygen atoms in total. The number of rotatable bonds is 12. The molecule has 11 heteroatoms. The summed E-state index contributed by atoms with van der Waals surface area (Å²) in [5.74, 6) is -1.09. The Hall–Kier alpha value is -3.60. The number of amides is 2. The van der Waals surface area contributed by atoms with Crippen LogP contribution in [0.15, 0.2) is 30.9 Å². The van der Waals surface area contributed by atoms with E-state index in [4.69, 9.17) is 14.2 Å². The van der Waals surface area contributed by atoms with Crippen molar-refractivity contribution in [3.8, 4) is 5.75 Å². The van der Waals surface area contributed by atoms with Crippen molar-refractivity contribution in [1.29, 1.82) is 0 Å². The molecule has 0 saturated carbocycles. The summed E-state index contributed by atoms with van der Waals surface area (Å²) in [5, 5.41) is 10.8. The number of carboxylic acids is 1. The number of benzene rings is 1. The van der Waals surface area contributed by atoms with Crippen LogP contribution in [0.4, 0.5) is 4.79 Å². The van der Waals surface area contributed by atoms with Gasteiger partial charge in [0.15, 0.2) is 12.8 Å². The summed E-state index contributed by atoms with van der Waals surface area (Å²) in [6.07, 6.45) is 5.06. The van der Waals surface area contributed by atoms with Gasteiger partial charge in [-0.05, 0) is 82.7 Å². The zero-order valence-electron chi connectivity index (χ0n) is 22.4. The summed E-state index contributed by atoms with van der Waals surface area (Å²) < 4.78 is 17.6. The number of ether oxygens (including phenoxy) is 3. The number of imidazole rings is 1. The van der Waals surface area contributed by atoms with Crippen LogP contribution < -0.4 is 10.2 Å². The molecule has 0 fully saturated rings. The standard InChI is InChI=1S/C26H38N4O7/c1-18-14-20(36-17-35-6)15-19(2)21(18)9-10-23(31)30(28-25(34)37-26(3,4)5)22(24(32)33)8-7-12-29-13-11-27-16-29/h11,13-16,22H,7-10,12,17H2,1-6H3,(H,28,34)(H,32,33). The second-order valence-corrected chi connectivity index (χ2v) is 9.76. The maximum Gasteiger partial charge on any atom is 0.426 e. The van der Waals surface area contributed by atoms with Crippen LogP contribution in [0.5, 0.6) is 5.75 Å². The first-order chi connectivity index (χ1) is 17.4. The molecular weight excluding hydrogens is 480 g/mol. The Labute approximate surface area is 217 Å². The molecule has 2 aromatic rings. The van der Waals surface area contributed by atoms with Crippen LogP contribution in [0.2, 0.25) is 0 Å². The van der Waals surface area contributed by atoms with Crippen molar-refractivity contribution in [3.63, 3.8) is 0 Å². The Balaban J connectivity index is 2.18. The predicted octanol–water partition coefficient (Wildman–Crippen LogP) is 3.62. The lowest BCUT2D eigenvalue weighted by Gasteiger charge is -2.30. The van der Waals surface area contributed by atoms with Crippen molar-refractivity contribution in [2.45, 2.75) is 78.5 Å². The normalized spacial score (nSPS) is 12.1. The minimum absolute atomic E-state index is 0.0128. The Kier molecular flexibility index (Phi) is 10.9. The zero-order chi connectivity index (χ0) is 27.6. The molecule has 0 bridgehead atoms. The lowest BCUT2D eigenvalue weighted by Crippen LogP contribution is -2.55. The average Bonchev–Trinajstić information content (AvgIpc) is 3.30. The first kappa shape index (κ1) is 29.6. The van der Waals surface area contributed by atoms with E-state index in [2.05, 4.69) is 10.4 Å². The Morgan fingerprint density at radius 2 is 1.86 bits per heavy atom. The molecule has 1 aromatic heterocycles. The minimum atomic E-state index is -1.27. The molecule has 37 heavy (non-hydrogen) atoms. The lowest BCUT2D eigenvalue weighted by atomic mass is 9.97. The fraction of sp³-hybridized carbons (Fsp3) is 0.538. The van der Waals surface area contributed by atoms with Crippen molar-refractivity contribution in [2.24, 2.45) is 0 Å². The van der Waals surface area contributed by atoms with E-state index in [0.717, 1.165) is 21.7 Å². The fourth-order valence-electron chi connectivity index (χ4n) is 3.87. The highest BCUT2D eigenvalue weighted by molar-refractivity contribution is 5.85. The van der Waals surface area contributed by atoms with Gasteiger partial charge in [0, 0.05) is 32.5 Å². The van der Waals surface area contributed by atoms with Gasteiger partial charge in [-0.25, -0.2) is 25.0 Å². The average molecular weight is 519 g/mol. The molecule has 0 spiro atoms. The van der Waals surface area contributed by atoms with Gasteiger partial charge >= 0.3 is 12.1 Å². The molecular formula is C26H38N4O7. The third-order valence-corrected chi connectivity index (χ3v) is 5.53. The van der Waals surface area contributed by atoms with E-state index in [-0.39, 0.29) is 19.6 Å². The van der Waals surface area contributed by atoms with E-state index >= 15 is 0 Å². The third-order valence-electron chi connectivity index (χ3n) is 5.53. The van der Waals surface area contributed by atoms with Crippen LogP contribution in [0.3, 0.4) is 0 Å². The van der Waals surface area contributed by atoms with Gasteiger partial charge in [0.1, 0.15) is 11.4 Å².